The summed E-state index contributed by atoms with van der Waals surface area (Å²) in [4.78, 5) is 0. The fourth-order valence-electron chi connectivity index (χ4n) is 11.4. The summed E-state index contributed by atoms with van der Waals surface area (Å²) < 4.78 is 30.6. The second-order valence-corrected chi connectivity index (χ2v) is 47.4. The van der Waals surface area contributed by atoms with Gasteiger partial charge in [-0.05, 0) is 0 Å². The van der Waals surface area contributed by atoms with Crippen molar-refractivity contribution in [3.8, 4) is 0 Å². The van der Waals surface area contributed by atoms with Crippen molar-refractivity contribution < 1.29 is 0 Å². The molecule has 96 heavy (non-hydrogen) atoms. The Morgan fingerprint density at radius 3 is 0.323 bits per heavy atom. The van der Waals surface area contributed by atoms with E-state index in [1.54, 1.807) is 76.9 Å². The summed E-state index contributed by atoms with van der Waals surface area (Å²) in [6.07, 6.45) is 0. The molecule has 0 unspecified atom stereocenters. The summed E-state index contributed by atoms with van der Waals surface area (Å²) in [7, 11) is 0. The molecule has 0 fully saturated rings. The summed E-state index contributed by atoms with van der Waals surface area (Å²) in [5, 5.41) is 9.44. The molecular formula is C86H70Se10. The van der Waals surface area contributed by atoms with Gasteiger partial charge in [-0.25, -0.2) is 0 Å². The molecule has 0 saturated carbocycles. The molecule has 0 radical (unpaired) electrons. The van der Waals surface area contributed by atoms with Crippen LogP contribution >= 0.6 is 0 Å². The molecule has 0 nitrogen and oxygen atoms in total. The van der Waals surface area contributed by atoms with Gasteiger partial charge in [0.05, 0.1) is 0 Å². The van der Waals surface area contributed by atoms with Crippen molar-refractivity contribution in [3.63, 3.8) is 0 Å². The van der Waals surface area contributed by atoms with E-state index in [-0.39, 0.29) is 150 Å². The third-order valence-electron chi connectivity index (χ3n) is 16.7. The SMILES string of the molecule is Cc1ccc([Se]c2c([Se]c3ccc(C)cc3)c3c([Se]c4ccc(C)cc4)c([Se]c4ccc(C)cc4)c4c([Se]c5ccc(C)cc5)c([Se]c5ccc(C)cc5)c([Se]c5ccc(C)cc5)c5c([Se]c6ccc(C)cc6)c([Se]c6ccc(C)cc6)c(c2[Se]c2ccc(C)cc2)c3c45)cc1. The molecule has 0 atom stereocenters. The van der Waals surface area contributed by atoms with Gasteiger partial charge in [0.2, 0.25) is 0 Å². The van der Waals surface area contributed by atoms with Crippen LogP contribution in [0.2, 0.25) is 0 Å². The molecule has 474 valence electrons. The van der Waals surface area contributed by atoms with Gasteiger partial charge in [0.25, 0.3) is 0 Å². The summed E-state index contributed by atoms with van der Waals surface area (Å²) in [6, 6.07) is 97.5. The summed E-state index contributed by atoms with van der Waals surface area (Å²) in [5.41, 5.74) is 13.1. The van der Waals surface area contributed by atoms with Crippen LogP contribution in [0.15, 0.2) is 243 Å². The predicted molar refractivity (Wildman–Crippen MR) is 432 cm³/mol. The van der Waals surface area contributed by atoms with Gasteiger partial charge < -0.3 is 0 Å². The minimum atomic E-state index is -0.0874. The maximum absolute atomic E-state index is 2.49. The molecule has 10 heteroatoms. The Kier molecular flexibility index (Phi) is 21.9. The molecule has 14 rings (SSSR count). The van der Waals surface area contributed by atoms with Crippen LogP contribution in [0, 0.1) is 69.2 Å². The summed E-state index contributed by atoms with van der Waals surface area (Å²) in [6.45, 7) is 22.6. The second kappa shape index (κ2) is 30.7. The van der Waals surface area contributed by atoms with Crippen LogP contribution in [-0.2, 0) is 0 Å². The third kappa shape index (κ3) is 15.6. The Balaban J connectivity index is 1.31. The van der Waals surface area contributed by atoms with E-state index in [1.807, 2.05) is 0 Å². The first-order chi connectivity index (χ1) is 46.6. The van der Waals surface area contributed by atoms with Gasteiger partial charge in [-0.1, -0.05) is 0 Å². The van der Waals surface area contributed by atoms with Crippen LogP contribution in [0.3, 0.4) is 0 Å². The Morgan fingerprint density at radius 2 is 0.208 bits per heavy atom. The summed E-state index contributed by atoms with van der Waals surface area (Å²) in [5.74, 6) is 0. The molecule has 0 aromatic heterocycles. The topological polar surface area (TPSA) is 0 Å². The number of aryl methyl sites for hydroxylation is 10. The maximum atomic E-state index is 2.49. The van der Waals surface area contributed by atoms with Crippen molar-refractivity contribution in [2.24, 2.45) is 0 Å². The van der Waals surface area contributed by atoms with Crippen LogP contribution in [0.1, 0.15) is 55.6 Å². The van der Waals surface area contributed by atoms with Crippen molar-refractivity contribution in [2.75, 3.05) is 0 Å². The van der Waals surface area contributed by atoms with Crippen molar-refractivity contribution in [2.45, 2.75) is 69.2 Å². The Bertz CT molecular complexity index is 4510. The fraction of sp³-hybridized carbons (Fsp3) is 0.116. The zero-order valence-electron chi connectivity index (χ0n) is 55.2. The van der Waals surface area contributed by atoms with Gasteiger partial charge in [0.15, 0.2) is 0 Å². The van der Waals surface area contributed by atoms with Gasteiger partial charge in [-0.3, -0.25) is 0 Å². The number of hydrogen-bond donors (Lipinski definition) is 0. The number of hydrogen-bond acceptors (Lipinski definition) is 0. The van der Waals surface area contributed by atoms with Crippen molar-refractivity contribution in [1.82, 2.24) is 0 Å². The van der Waals surface area contributed by atoms with E-state index >= 15 is 0 Å². The zero-order chi connectivity index (χ0) is 66.1. The molecule has 0 aliphatic heterocycles. The van der Waals surface area contributed by atoms with Gasteiger partial charge in [0, 0.05) is 0 Å². The minimum absolute atomic E-state index is 0.0440. The molecule has 14 aromatic carbocycles. The molecule has 0 N–H and O–H groups in total. The quantitative estimate of drug-likeness (QED) is 0.0794. The molecule has 14 aromatic rings. The molecular weight excluding hydrogens is 1820 g/mol. The zero-order valence-corrected chi connectivity index (χ0v) is 72.3. The Morgan fingerprint density at radius 1 is 0.115 bits per heavy atom. The van der Waals surface area contributed by atoms with Crippen LogP contribution < -0.4 is 89.2 Å². The molecule has 0 heterocycles. The molecule has 0 amide bonds. The monoisotopic (exact) mass is 1900 g/mol. The van der Waals surface area contributed by atoms with E-state index in [4.69, 9.17) is 0 Å². The average molecular weight is 1890 g/mol. The molecule has 0 saturated heterocycles. The van der Waals surface area contributed by atoms with Crippen molar-refractivity contribution >= 4 is 271 Å². The number of benzene rings is 14. The van der Waals surface area contributed by atoms with E-state index in [1.165, 1.54) is 100 Å². The van der Waals surface area contributed by atoms with Crippen LogP contribution in [0.5, 0.6) is 0 Å². The van der Waals surface area contributed by atoms with E-state index in [0.717, 1.165) is 0 Å². The second-order valence-electron chi connectivity index (χ2n) is 24.7. The van der Waals surface area contributed by atoms with E-state index < -0.39 is 0 Å². The van der Waals surface area contributed by atoms with E-state index in [2.05, 4.69) is 312 Å². The molecule has 0 aliphatic rings. The van der Waals surface area contributed by atoms with Gasteiger partial charge in [-0.2, -0.15) is 0 Å². The molecule has 0 aliphatic carbocycles. The fourth-order valence-corrected chi connectivity index (χ4v) is 39.5. The average Bonchev–Trinajstić information content (AvgIpc) is 0.677. The first-order valence-electron chi connectivity index (χ1n) is 32.0. The Hall–Kier alpha value is -4.69. The van der Waals surface area contributed by atoms with Crippen molar-refractivity contribution in [1.29, 1.82) is 0 Å². The Labute approximate surface area is 630 Å². The van der Waals surface area contributed by atoms with Gasteiger partial charge in [0.1, 0.15) is 0 Å². The predicted octanol–water partition coefficient (Wildman–Crippen LogP) is 4.22. The van der Waals surface area contributed by atoms with Crippen LogP contribution in [0.4, 0.5) is 0 Å². The normalized spacial score (nSPS) is 11.6. The summed E-state index contributed by atoms with van der Waals surface area (Å²) >= 11 is -0.707. The van der Waals surface area contributed by atoms with E-state index in [0.29, 0.717) is 0 Å². The first kappa shape index (κ1) is 68.4. The van der Waals surface area contributed by atoms with Crippen LogP contribution in [-0.4, -0.2) is 150 Å². The van der Waals surface area contributed by atoms with Gasteiger partial charge in [-0.15, -0.1) is 0 Å². The van der Waals surface area contributed by atoms with Gasteiger partial charge >= 0.3 is 639 Å². The van der Waals surface area contributed by atoms with Crippen LogP contribution in [0.25, 0.3) is 32.3 Å². The van der Waals surface area contributed by atoms with E-state index in [9.17, 15) is 0 Å². The van der Waals surface area contributed by atoms with Crippen molar-refractivity contribution in [3.05, 3.63) is 298 Å². The molecule has 0 spiro atoms. The standard InChI is InChI=1S/C86H70Se10/c1-51-11-31-61(32-12-51)87-77-73-71-72-74(78(77)88-62-33-13-52(2)14-34-62)82(92-66-41-21-56(6)22-42-66)86(96-70-49-29-60(10)30-50-70)84(94-68-45-25-58(8)26-46-68)76(72)80(90-64-37-17-54(4)18-38-64)79(89-63-35-15-53(3)16-36-63)75(71)83(93-67-43-23-57(7)24-44-67)85(95-69-47-27-59(9)28-48-69)81(73)91-65-39-19-55(5)20-40-65/h11-50H,1-10H3. The number of rotatable bonds is 20. The first-order valence-corrected chi connectivity index (χ1v) is 49.2. The molecule has 0 bridgehead atoms. The third-order valence-corrected chi connectivity index (χ3v) is 44.1.